The minimum absolute atomic E-state index is 0.0166. The molecule has 0 aromatic carbocycles. The summed E-state index contributed by atoms with van der Waals surface area (Å²) in [5.74, 6) is -1.39. The lowest BCUT2D eigenvalue weighted by Gasteiger charge is -2.04. The fourth-order valence-electron chi connectivity index (χ4n) is 1.74. The van der Waals surface area contributed by atoms with Crippen molar-refractivity contribution < 1.29 is 14.7 Å². The molecule has 6 nitrogen and oxygen atoms in total. The van der Waals surface area contributed by atoms with Gasteiger partial charge in [0.25, 0.3) is 0 Å². The number of aromatic nitrogens is 2. The molecular weight excluding hydrogens is 246 g/mol. The van der Waals surface area contributed by atoms with E-state index in [1.165, 1.54) is 0 Å². The summed E-state index contributed by atoms with van der Waals surface area (Å²) in [5, 5.41) is 11.6. The van der Waals surface area contributed by atoms with Gasteiger partial charge in [0.05, 0.1) is 12.1 Å². The van der Waals surface area contributed by atoms with Crippen LogP contribution < -0.4 is 5.32 Å². The first kappa shape index (κ1) is 12.8. The molecule has 0 aliphatic carbocycles. The highest BCUT2D eigenvalue weighted by molar-refractivity contribution is 6.00. The molecule has 98 valence electrons. The van der Waals surface area contributed by atoms with Crippen LogP contribution in [-0.2, 0) is 11.2 Å². The smallest absolute Gasteiger partial charge is 0.354 e. The van der Waals surface area contributed by atoms with Crippen LogP contribution in [0, 0.1) is 6.92 Å². The van der Waals surface area contributed by atoms with E-state index in [9.17, 15) is 9.59 Å². The molecule has 0 spiro atoms. The molecule has 19 heavy (non-hydrogen) atoms. The Hall–Kier alpha value is -2.63. The standard InChI is InChI=1S/C13H13N3O3/c1-8-5-10(12(15-8)13(18)19)16-11(17)6-9-3-2-4-14-7-9/h2-5,7,15H,6H2,1H3,(H,16,17)(H,18,19). The molecule has 0 aliphatic rings. The average molecular weight is 259 g/mol. The first-order valence-corrected chi connectivity index (χ1v) is 5.68. The maximum atomic E-state index is 11.8. The van der Waals surface area contributed by atoms with Gasteiger partial charge in [-0.1, -0.05) is 6.07 Å². The number of carboxylic acids is 1. The molecule has 0 saturated carbocycles. The largest absolute Gasteiger partial charge is 0.477 e. The number of amides is 1. The van der Waals surface area contributed by atoms with Crippen LogP contribution in [0.2, 0.25) is 0 Å². The van der Waals surface area contributed by atoms with Gasteiger partial charge in [-0.15, -0.1) is 0 Å². The zero-order valence-corrected chi connectivity index (χ0v) is 10.3. The predicted octanol–water partition coefficient (Wildman–Crippen LogP) is 1.60. The normalized spacial score (nSPS) is 10.2. The number of anilines is 1. The summed E-state index contributed by atoms with van der Waals surface area (Å²) >= 11 is 0. The van der Waals surface area contributed by atoms with Crippen LogP contribution in [0.1, 0.15) is 21.7 Å². The van der Waals surface area contributed by atoms with Crippen LogP contribution in [0.3, 0.4) is 0 Å². The highest BCUT2D eigenvalue weighted by Crippen LogP contribution is 2.17. The molecule has 1 amide bonds. The van der Waals surface area contributed by atoms with E-state index in [0.29, 0.717) is 5.69 Å². The zero-order valence-electron chi connectivity index (χ0n) is 10.3. The number of carbonyl (C=O) groups excluding carboxylic acids is 1. The van der Waals surface area contributed by atoms with Gasteiger partial charge in [-0.3, -0.25) is 9.78 Å². The molecule has 2 rings (SSSR count). The number of rotatable bonds is 4. The molecule has 0 radical (unpaired) electrons. The van der Waals surface area contributed by atoms with Crippen molar-refractivity contribution in [3.8, 4) is 0 Å². The molecule has 0 bridgehead atoms. The Morgan fingerprint density at radius 2 is 2.26 bits per heavy atom. The third-order valence-corrected chi connectivity index (χ3v) is 2.53. The first-order valence-electron chi connectivity index (χ1n) is 5.68. The van der Waals surface area contributed by atoms with Crippen LogP contribution in [-0.4, -0.2) is 27.0 Å². The number of aromatic amines is 1. The highest BCUT2D eigenvalue weighted by atomic mass is 16.4. The van der Waals surface area contributed by atoms with Crippen molar-refractivity contribution in [1.82, 2.24) is 9.97 Å². The van der Waals surface area contributed by atoms with Crippen molar-refractivity contribution in [2.45, 2.75) is 13.3 Å². The third kappa shape index (κ3) is 3.19. The number of pyridine rings is 1. The Morgan fingerprint density at radius 1 is 1.47 bits per heavy atom. The molecule has 2 aromatic heterocycles. The van der Waals surface area contributed by atoms with Gasteiger partial charge in [-0.2, -0.15) is 0 Å². The Morgan fingerprint density at radius 3 is 2.89 bits per heavy atom. The van der Waals surface area contributed by atoms with Gasteiger partial charge in [0.15, 0.2) is 0 Å². The lowest BCUT2D eigenvalue weighted by atomic mass is 10.2. The number of aryl methyl sites for hydroxylation is 1. The summed E-state index contributed by atoms with van der Waals surface area (Å²) in [6.07, 6.45) is 3.37. The van der Waals surface area contributed by atoms with Crippen LogP contribution >= 0.6 is 0 Å². The van der Waals surface area contributed by atoms with Gasteiger partial charge in [0, 0.05) is 18.1 Å². The van der Waals surface area contributed by atoms with E-state index in [1.54, 1.807) is 37.5 Å². The Balaban J connectivity index is 2.09. The second-order valence-electron chi connectivity index (χ2n) is 4.13. The number of carbonyl (C=O) groups is 2. The van der Waals surface area contributed by atoms with Crippen LogP contribution in [0.4, 0.5) is 5.69 Å². The summed E-state index contributed by atoms with van der Waals surface area (Å²) in [4.78, 5) is 29.4. The van der Waals surface area contributed by atoms with E-state index in [2.05, 4.69) is 15.3 Å². The van der Waals surface area contributed by atoms with Crippen molar-refractivity contribution in [1.29, 1.82) is 0 Å². The number of aromatic carboxylic acids is 1. The molecule has 6 heteroatoms. The number of carboxylic acid groups (broad SMARTS) is 1. The fourth-order valence-corrected chi connectivity index (χ4v) is 1.74. The quantitative estimate of drug-likeness (QED) is 0.777. The highest BCUT2D eigenvalue weighted by Gasteiger charge is 2.15. The molecule has 3 N–H and O–H groups in total. The molecular formula is C13H13N3O3. The van der Waals surface area contributed by atoms with Crippen LogP contribution in [0.25, 0.3) is 0 Å². The fraction of sp³-hybridized carbons (Fsp3) is 0.154. The lowest BCUT2D eigenvalue weighted by molar-refractivity contribution is -0.115. The second kappa shape index (κ2) is 5.34. The monoisotopic (exact) mass is 259 g/mol. The van der Waals surface area contributed by atoms with Gasteiger partial charge in [-0.05, 0) is 24.6 Å². The summed E-state index contributed by atoms with van der Waals surface area (Å²) < 4.78 is 0. The van der Waals surface area contributed by atoms with Gasteiger partial charge in [0.2, 0.25) is 5.91 Å². The summed E-state index contributed by atoms with van der Waals surface area (Å²) in [7, 11) is 0. The Kier molecular flexibility index (Phi) is 3.61. The van der Waals surface area contributed by atoms with Gasteiger partial charge < -0.3 is 15.4 Å². The van der Waals surface area contributed by atoms with Crippen molar-refractivity contribution in [3.05, 3.63) is 47.5 Å². The van der Waals surface area contributed by atoms with Crippen LogP contribution in [0.15, 0.2) is 30.6 Å². The summed E-state index contributed by atoms with van der Waals surface area (Å²) in [5.41, 5.74) is 1.70. The Bertz CT molecular complexity index is 605. The number of nitrogens with one attached hydrogen (secondary N) is 2. The van der Waals surface area contributed by atoms with E-state index >= 15 is 0 Å². The van der Waals surface area contributed by atoms with E-state index in [-0.39, 0.29) is 23.7 Å². The number of hydrogen-bond donors (Lipinski definition) is 3. The number of hydrogen-bond acceptors (Lipinski definition) is 3. The summed E-state index contributed by atoms with van der Waals surface area (Å²) in [6, 6.07) is 5.11. The van der Waals surface area contributed by atoms with Gasteiger partial charge in [-0.25, -0.2) is 4.79 Å². The van der Waals surface area contributed by atoms with E-state index in [4.69, 9.17) is 5.11 Å². The molecule has 0 saturated heterocycles. The van der Waals surface area contributed by atoms with Crippen molar-refractivity contribution in [3.63, 3.8) is 0 Å². The minimum atomic E-state index is -1.11. The molecule has 2 aromatic rings. The van der Waals surface area contributed by atoms with Gasteiger partial charge in [0.1, 0.15) is 5.69 Å². The average Bonchev–Trinajstić information content (AvgIpc) is 2.71. The van der Waals surface area contributed by atoms with E-state index < -0.39 is 5.97 Å². The molecule has 0 fully saturated rings. The van der Waals surface area contributed by atoms with E-state index in [0.717, 1.165) is 5.56 Å². The minimum Gasteiger partial charge on any atom is -0.477 e. The second-order valence-corrected chi connectivity index (χ2v) is 4.13. The third-order valence-electron chi connectivity index (χ3n) is 2.53. The van der Waals surface area contributed by atoms with Crippen molar-refractivity contribution in [2.24, 2.45) is 0 Å². The Labute approximate surface area is 109 Å². The van der Waals surface area contributed by atoms with Crippen LogP contribution in [0.5, 0.6) is 0 Å². The topological polar surface area (TPSA) is 95.1 Å². The molecule has 0 atom stereocenters. The molecule has 2 heterocycles. The number of H-pyrrole nitrogens is 1. The maximum Gasteiger partial charge on any atom is 0.354 e. The predicted molar refractivity (Wildman–Crippen MR) is 69.1 cm³/mol. The first-order chi connectivity index (χ1) is 9.06. The maximum absolute atomic E-state index is 11.8. The van der Waals surface area contributed by atoms with Gasteiger partial charge >= 0.3 is 5.97 Å². The molecule has 0 unspecified atom stereocenters. The lowest BCUT2D eigenvalue weighted by Crippen LogP contribution is -2.16. The molecule has 0 aliphatic heterocycles. The summed E-state index contributed by atoms with van der Waals surface area (Å²) in [6.45, 7) is 1.73. The van der Waals surface area contributed by atoms with Crippen molar-refractivity contribution in [2.75, 3.05) is 5.32 Å². The number of nitrogens with zero attached hydrogens (tertiary/aromatic N) is 1. The zero-order chi connectivity index (χ0) is 13.8. The SMILES string of the molecule is Cc1cc(NC(=O)Cc2cccnc2)c(C(=O)O)[nH]1. The van der Waals surface area contributed by atoms with Crippen molar-refractivity contribution >= 4 is 17.6 Å². The van der Waals surface area contributed by atoms with E-state index in [1.807, 2.05) is 0 Å².